The molecule has 0 radical (unpaired) electrons. The number of halogens is 6. The van der Waals surface area contributed by atoms with Gasteiger partial charge >= 0.3 is 46.8 Å². The van der Waals surface area contributed by atoms with Gasteiger partial charge in [0.25, 0.3) is 0 Å². The molecule has 2 aromatic heterocycles. The van der Waals surface area contributed by atoms with E-state index in [2.05, 4.69) is 33.9 Å². The average molecular weight is 443 g/mol. The molecule has 2 rings (SSSR count). The zero-order chi connectivity index (χ0) is 21.3. The Morgan fingerprint density at radius 2 is 1.30 bits per heavy atom. The van der Waals surface area contributed by atoms with Gasteiger partial charge in [-0.1, -0.05) is 0 Å². The maximum absolute atomic E-state index is 10.7. The van der Waals surface area contributed by atoms with Crippen LogP contribution in [0, 0.1) is 0 Å². The Labute approximate surface area is 152 Å². The molecule has 8 nitrogen and oxygen atoms in total. The summed E-state index contributed by atoms with van der Waals surface area (Å²) < 4.78 is 71.8. The molecule has 27 heavy (non-hydrogen) atoms. The number of nitrogens with zero attached hydrogens (tertiary/aromatic N) is 6. The van der Waals surface area contributed by atoms with Crippen LogP contribution in [-0.2, 0) is 0 Å². The van der Waals surface area contributed by atoms with Crippen LogP contribution < -0.4 is 4.52 Å². The van der Waals surface area contributed by atoms with Crippen LogP contribution in [0.4, 0.5) is 25.2 Å². The molecule has 0 bridgehead atoms. The molecule has 0 saturated heterocycles. The van der Waals surface area contributed by atoms with Crippen LogP contribution in [-0.4, -0.2) is 76.2 Å². The summed E-state index contributed by atoms with van der Waals surface area (Å²) in [5.41, 5.74) is 1.31. The van der Waals surface area contributed by atoms with Gasteiger partial charge < -0.3 is 4.98 Å². The molecular weight excluding hydrogens is 422 g/mol. The first-order valence-corrected chi connectivity index (χ1v) is 10.8. The molecule has 0 aliphatic rings. The monoisotopic (exact) mass is 443 g/mol. The molecule has 2 heterocycles. The molecule has 0 aliphatic heterocycles. The van der Waals surface area contributed by atoms with E-state index in [9.17, 15) is 25.2 Å². The van der Waals surface area contributed by atoms with Gasteiger partial charge in [-0.05, 0) is 0 Å². The molecule has 158 valence electrons. The Kier molecular flexibility index (Phi) is 6.08. The van der Waals surface area contributed by atoms with Crippen LogP contribution in [0.2, 0.25) is 0 Å². The number of imidazole rings is 1. The second-order valence-electron chi connectivity index (χ2n) is 5.88. The van der Waals surface area contributed by atoms with Crippen molar-refractivity contribution in [3.05, 3.63) is 12.7 Å². The number of rotatable bonds is 5. The van der Waals surface area contributed by atoms with Gasteiger partial charge in [0.05, 0.1) is 6.33 Å². The second-order valence-corrected chi connectivity index (χ2v) is 11.4. The topological polar surface area (TPSA) is 73.4 Å². The summed E-state index contributed by atoms with van der Waals surface area (Å²) in [5, 5.41) is 0. The van der Waals surface area contributed by atoms with Gasteiger partial charge in [0.15, 0.2) is 11.2 Å². The average Bonchev–Trinajstić information content (AvgIpc) is 2.88. The van der Waals surface area contributed by atoms with Crippen LogP contribution in [0.1, 0.15) is 0 Å². The maximum atomic E-state index is 9.87. The number of hydrogen-bond acceptors (Lipinski definition) is 7. The number of nitrogens with one attached hydrogen (secondary N) is 1. The molecule has 0 atom stereocenters. The molecule has 0 unspecified atom stereocenters. The van der Waals surface area contributed by atoms with Gasteiger partial charge in [-0.25, -0.2) is 9.97 Å². The Bertz CT molecular complexity index is 747. The third kappa shape index (κ3) is 7.30. The van der Waals surface area contributed by atoms with Gasteiger partial charge in [-0.15, -0.1) is 14.0 Å². The number of H-pyrrole nitrogens is 1. The molecule has 0 fully saturated rings. The van der Waals surface area contributed by atoms with Gasteiger partial charge in [-0.2, -0.15) is 4.98 Å². The van der Waals surface area contributed by atoms with Gasteiger partial charge in [0.1, 0.15) is 6.33 Å². The molecule has 0 aliphatic carbocycles. The third-order valence-corrected chi connectivity index (χ3v) is 6.50. The summed E-state index contributed by atoms with van der Waals surface area (Å²) in [6.07, 6.45) is 3.06. The summed E-state index contributed by atoms with van der Waals surface area (Å²) >= 11 is 0. The first kappa shape index (κ1) is 23.7. The van der Waals surface area contributed by atoms with Crippen LogP contribution in [0.5, 0.6) is 5.88 Å². The van der Waals surface area contributed by atoms with Gasteiger partial charge in [-0.3, -0.25) is 4.52 Å². The normalized spacial score (nSPS) is 15.5. The summed E-state index contributed by atoms with van der Waals surface area (Å²) in [4.78, 5) is 15.5. The zero-order valence-corrected chi connectivity index (χ0v) is 17.2. The van der Waals surface area contributed by atoms with Crippen LogP contribution in [0.3, 0.4) is 0 Å². The summed E-state index contributed by atoms with van der Waals surface area (Å²) in [6, 6.07) is 0. The van der Waals surface area contributed by atoms with Crippen LogP contribution in [0.15, 0.2) is 12.7 Å². The first-order valence-electron chi connectivity index (χ1n) is 7.17. The minimum absolute atomic E-state index is 0.511. The Balaban J connectivity index is 0.000000445. The number of aromatic amines is 1. The van der Waals surface area contributed by atoms with Crippen molar-refractivity contribution in [3.63, 3.8) is 0 Å². The zero-order valence-electron chi connectivity index (χ0n) is 15.4. The summed E-state index contributed by atoms with van der Waals surface area (Å²) in [5.74, 6) is 0.511. The molecular formula is C11H21F6N7OP2. The fourth-order valence-corrected chi connectivity index (χ4v) is 5.25. The van der Waals surface area contributed by atoms with Crippen LogP contribution in [0.25, 0.3) is 11.2 Å². The molecule has 16 heteroatoms. The van der Waals surface area contributed by atoms with Gasteiger partial charge in [0.2, 0.25) is 0 Å². The number of aromatic nitrogens is 4. The van der Waals surface area contributed by atoms with E-state index in [4.69, 9.17) is 4.52 Å². The quantitative estimate of drug-likeness (QED) is 0.540. The Morgan fingerprint density at radius 1 is 0.852 bits per heavy atom. The van der Waals surface area contributed by atoms with E-state index in [0.29, 0.717) is 17.0 Å². The number of fused-ring (bicyclic) bond motifs is 1. The van der Waals surface area contributed by atoms with Crippen molar-refractivity contribution in [1.82, 2.24) is 33.9 Å². The molecule has 0 spiro atoms. The Morgan fingerprint density at radius 3 is 1.70 bits per heavy atom. The SMILES string of the molecule is CN(C)[P+](Oc1ncnc2nc[nH]c12)(N(C)C)N(C)C.F[P-](F)(F)(F)(F)F. The molecule has 1 N–H and O–H groups in total. The van der Waals surface area contributed by atoms with Crippen molar-refractivity contribution >= 4 is 26.9 Å². The molecule has 0 aromatic carbocycles. The Hall–Kier alpha value is -1.33. The number of hydrogen-bond donors (Lipinski definition) is 1. The van der Waals surface area contributed by atoms with Crippen molar-refractivity contribution < 1.29 is 29.7 Å². The standard InChI is InChI=1S/C11H21N7OP.F6P/c1-16(2)20(17(3)4,18(5)6)19-11-9-10(13-7-12-9)14-8-15-11;1-7(2,3,4,5)6/h7-8H,1-6H3,(H,12,13,14,15);/q+1;-1. The van der Waals surface area contributed by atoms with E-state index in [1.165, 1.54) is 6.33 Å². The van der Waals surface area contributed by atoms with Gasteiger partial charge in [0, 0.05) is 42.3 Å². The van der Waals surface area contributed by atoms with Crippen molar-refractivity contribution in [2.45, 2.75) is 0 Å². The molecule has 0 saturated carbocycles. The van der Waals surface area contributed by atoms with Crippen molar-refractivity contribution in [2.75, 3.05) is 42.3 Å². The summed E-state index contributed by atoms with van der Waals surface area (Å²) in [7, 11) is -0.815. The predicted octanol–water partition coefficient (Wildman–Crippen LogP) is 4.48. The van der Waals surface area contributed by atoms with Crippen LogP contribution >= 0.6 is 15.8 Å². The third-order valence-electron chi connectivity index (χ3n) is 2.96. The predicted molar refractivity (Wildman–Crippen MR) is 93.9 cm³/mol. The molecule has 0 amide bonds. The van der Waals surface area contributed by atoms with E-state index in [1.807, 2.05) is 42.3 Å². The van der Waals surface area contributed by atoms with Crippen molar-refractivity contribution in [2.24, 2.45) is 0 Å². The summed E-state index contributed by atoms with van der Waals surface area (Å²) in [6.45, 7) is 0. The first-order chi connectivity index (χ1) is 11.8. The minimum atomic E-state index is -10.7. The van der Waals surface area contributed by atoms with E-state index < -0.39 is 15.8 Å². The van der Waals surface area contributed by atoms with E-state index in [0.717, 1.165) is 0 Å². The fourth-order valence-electron chi connectivity index (χ4n) is 2.25. The van der Waals surface area contributed by atoms with Crippen molar-refractivity contribution in [3.8, 4) is 5.88 Å². The van der Waals surface area contributed by atoms with E-state index in [1.54, 1.807) is 6.33 Å². The van der Waals surface area contributed by atoms with E-state index >= 15 is 0 Å². The second kappa shape index (κ2) is 6.93. The van der Waals surface area contributed by atoms with E-state index in [-0.39, 0.29) is 0 Å². The molecule has 2 aromatic rings. The van der Waals surface area contributed by atoms with Crippen molar-refractivity contribution in [1.29, 1.82) is 0 Å². The fraction of sp³-hybridized carbons (Fsp3) is 0.545.